The highest BCUT2D eigenvalue weighted by Crippen LogP contribution is 2.24. The largest absolute Gasteiger partial charge is 0.457 e. The smallest absolute Gasteiger partial charge is 0.254 e. The second-order valence-electron chi connectivity index (χ2n) is 4.45. The van der Waals surface area contributed by atoms with E-state index in [4.69, 9.17) is 4.42 Å². The second-order valence-corrected chi connectivity index (χ2v) is 5.23. The van der Waals surface area contributed by atoms with E-state index >= 15 is 0 Å². The topological polar surface area (TPSA) is 62.5 Å². The molecule has 1 aromatic rings. The normalized spacial score (nSPS) is 24.6. The van der Waals surface area contributed by atoms with Crippen LogP contribution >= 0.6 is 15.9 Å². The lowest BCUT2D eigenvalue weighted by atomic mass is 9.85. The van der Waals surface area contributed by atoms with E-state index in [-0.39, 0.29) is 24.5 Å². The zero-order chi connectivity index (χ0) is 12.3. The van der Waals surface area contributed by atoms with Gasteiger partial charge in [0.1, 0.15) is 6.26 Å². The van der Waals surface area contributed by atoms with Crippen molar-refractivity contribution in [2.75, 3.05) is 6.61 Å². The van der Waals surface area contributed by atoms with Gasteiger partial charge in [-0.15, -0.1) is 0 Å². The molecule has 0 aromatic carbocycles. The van der Waals surface area contributed by atoms with Gasteiger partial charge in [-0.3, -0.25) is 4.79 Å². The van der Waals surface area contributed by atoms with Gasteiger partial charge in [0.25, 0.3) is 5.91 Å². The second kappa shape index (κ2) is 5.69. The highest BCUT2D eigenvalue weighted by molar-refractivity contribution is 9.10. The van der Waals surface area contributed by atoms with Crippen molar-refractivity contribution in [1.29, 1.82) is 0 Å². The summed E-state index contributed by atoms with van der Waals surface area (Å²) in [5.74, 6) is 0.0489. The van der Waals surface area contributed by atoms with Gasteiger partial charge in [0.05, 0.1) is 5.56 Å². The summed E-state index contributed by atoms with van der Waals surface area (Å²) in [6.45, 7) is 0.139. The summed E-state index contributed by atoms with van der Waals surface area (Å²) in [4.78, 5) is 11.9. The fourth-order valence-corrected chi connectivity index (χ4v) is 2.64. The minimum absolute atomic E-state index is 0.0786. The van der Waals surface area contributed by atoms with Crippen LogP contribution in [0.1, 0.15) is 36.0 Å². The molecule has 1 fully saturated rings. The molecule has 0 saturated heterocycles. The quantitative estimate of drug-likeness (QED) is 0.900. The monoisotopic (exact) mass is 301 g/mol. The number of halogens is 1. The van der Waals surface area contributed by atoms with Gasteiger partial charge in [-0.1, -0.05) is 12.8 Å². The van der Waals surface area contributed by atoms with E-state index < -0.39 is 0 Å². The molecule has 1 aliphatic carbocycles. The van der Waals surface area contributed by atoms with Crippen molar-refractivity contribution in [1.82, 2.24) is 5.32 Å². The number of rotatable bonds is 3. The Kier molecular flexibility index (Phi) is 4.23. The maximum Gasteiger partial charge on any atom is 0.254 e. The summed E-state index contributed by atoms with van der Waals surface area (Å²) in [5.41, 5.74) is 0.513. The molecule has 1 amide bonds. The van der Waals surface area contributed by atoms with Crippen LogP contribution in [0.15, 0.2) is 21.4 Å². The third-order valence-electron chi connectivity index (χ3n) is 3.29. The zero-order valence-electron chi connectivity index (χ0n) is 9.49. The first-order chi connectivity index (χ1) is 8.20. The van der Waals surface area contributed by atoms with Crippen molar-refractivity contribution in [3.05, 3.63) is 22.6 Å². The first-order valence-corrected chi connectivity index (χ1v) is 6.65. The highest BCUT2D eigenvalue weighted by Gasteiger charge is 2.26. The molecule has 2 rings (SSSR count). The lowest BCUT2D eigenvalue weighted by molar-refractivity contribution is 0.0872. The van der Waals surface area contributed by atoms with Gasteiger partial charge in [0.15, 0.2) is 4.67 Å². The van der Waals surface area contributed by atoms with Crippen molar-refractivity contribution in [2.45, 2.75) is 31.7 Å². The van der Waals surface area contributed by atoms with Crippen LogP contribution in [0, 0.1) is 5.92 Å². The number of furan rings is 1. The Morgan fingerprint density at radius 3 is 2.94 bits per heavy atom. The van der Waals surface area contributed by atoms with Crippen LogP contribution in [-0.4, -0.2) is 23.7 Å². The fraction of sp³-hybridized carbons (Fsp3) is 0.583. The molecule has 94 valence electrons. The van der Waals surface area contributed by atoms with Gasteiger partial charge in [0.2, 0.25) is 0 Å². The number of amides is 1. The van der Waals surface area contributed by atoms with Gasteiger partial charge in [0, 0.05) is 24.6 Å². The molecule has 17 heavy (non-hydrogen) atoms. The molecule has 1 saturated carbocycles. The van der Waals surface area contributed by atoms with Crippen molar-refractivity contribution >= 4 is 21.8 Å². The Morgan fingerprint density at radius 2 is 2.29 bits per heavy atom. The van der Waals surface area contributed by atoms with Gasteiger partial charge >= 0.3 is 0 Å². The number of aliphatic hydroxyl groups is 1. The van der Waals surface area contributed by atoms with E-state index in [9.17, 15) is 9.90 Å². The Bertz CT molecular complexity index is 391. The van der Waals surface area contributed by atoms with Crippen molar-refractivity contribution in [2.24, 2.45) is 5.92 Å². The van der Waals surface area contributed by atoms with E-state index in [2.05, 4.69) is 21.2 Å². The Hall–Kier alpha value is -0.810. The molecule has 2 unspecified atom stereocenters. The highest BCUT2D eigenvalue weighted by atomic mass is 79.9. The minimum atomic E-state index is -0.134. The molecule has 1 aromatic heterocycles. The fourth-order valence-electron chi connectivity index (χ4n) is 2.30. The van der Waals surface area contributed by atoms with Crippen LogP contribution in [0.4, 0.5) is 0 Å². The standard InChI is InChI=1S/C12H16BrNO3/c13-11-5-9(7-17-11)12(16)14-10-4-2-1-3-8(10)6-15/h5,7-8,10,15H,1-4,6H2,(H,14,16). The lowest BCUT2D eigenvalue weighted by Crippen LogP contribution is -2.43. The molecule has 0 aliphatic heterocycles. The van der Waals surface area contributed by atoms with Crippen LogP contribution in [-0.2, 0) is 0 Å². The first kappa shape index (κ1) is 12.6. The average molecular weight is 302 g/mol. The summed E-state index contributed by atoms with van der Waals surface area (Å²) >= 11 is 3.16. The molecule has 2 N–H and O–H groups in total. The number of nitrogens with one attached hydrogen (secondary N) is 1. The van der Waals surface area contributed by atoms with E-state index in [1.165, 1.54) is 6.26 Å². The average Bonchev–Trinajstić information content (AvgIpc) is 2.77. The van der Waals surface area contributed by atoms with Gasteiger partial charge < -0.3 is 14.8 Å². The summed E-state index contributed by atoms with van der Waals surface area (Å²) in [7, 11) is 0. The van der Waals surface area contributed by atoms with Crippen LogP contribution < -0.4 is 5.32 Å². The van der Waals surface area contributed by atoms with E-state index in [1.54, 1.807) is 6.07 Å². The molecule has 0 bridgehead atoms. The van der Waals surface area contributed by atoms with Crippen molar-refractivity contribution in [3.63, 3.8) is 0 Å². The molecule has 5 heteroatoms. The first-order valence-electron chi connectivity index (χ1n) is 5.86. The Morgan fingerprint density at radius 1 is 1.53 bits per heavy atom. The summed E-state index contributed by atoms with van der Waals surface area (Å²) in [5, 5.41) is 12.2. The predicted octanol–water partition coefficient (Wildman–Crippen LogP) is 2.32. The maximum absolute atomic E-state index is 11.9. The minimum Gasteiger partial charge on any atom is -0.457 e. The molecular formula is C12H16BrNO3. The predicted molar refractivity (Wildman–Crippen MR) is 66.7 cm³/mol. The third kappa shape index (κ3) is 3.10. The van der Waals surface area contributed by atoms with E-state index in [0.717, 1.165) is 25.7 Å². The van der Waals surface area contributed by atoms with Crippen LogP contribution in [0.3, 0.4) is 0 Å². The number of hydrogen-bond donors (Lipinski definition) is 2. The molecule has 1 aliphatic rings. The number of carbonyl (C=O) groups is 1. The molecule has 0 radical (unpaired) electrons. The maximum atomic E-state index is 11.9. The number of carbonyl (C=O) groups excluding carboxylic acids is 1. The Labute approximate surface area is 109 Å². The zero-order valence-corrected chi connectivity index (χ0v) is 11.1. The van der Waals surface area contributed by atoms with Crippen molar-refractivity contribution < 1.29 is 14.3 Å². The lowest BCUT2D eigenvalue weighted by Gasteiger charge is -2.30. The van der Waals surface area contributed by atoms with E-state index in [0.29, 0.717) is 10.2 Å². The summed E-state index contributed by atoms with van der Waals surface area (Å²) in [6.07, 6.45) is 5.59. The number of hydrogen-bond acceptors (Lipinski definition) is 3. The van der Waals surface area contributed by atoms with Gasteiger partial charge in [-0.25, -0.2) is 0 Å². The van der Waals surface area contributed by atoms with Gasteiger partial charge in [-0.05, 0) is 28.8 Å². The summed E-state index contributed by atoms with van der Waals surface area (Å²) in [6, 6.07) is 1.72. The van der Waals surface area contributed by atoms with Crippen molar-refractivity contribution in [3.8, 4) is 0 Å². The Balaban J connectivity index is 1.97. The SMILES string of the molecule is O=C(NC1CCCCC1CO)c1coc(Br)c1. The molecule has 2 atom stereocenters. The van der Waals surface area contributed by atoms with Crippen LogP contribution in [0.2, 0.25) is 0 Å². The van der Waals surface area contributed by atoms with Gasteiger partial charge in [-0.2, -0.15) is 0 Å². The van der Waals surface area contributed by atoms with Crippen LogP contribution in [0.5, 0.6) is 0 Å². The molecule has 4 nitrogen and oxygen atoms in total. The summed E-state index contributed by atoms with van der Waals surface area (Å²) < 4.78 is 5.58. The molecule has 0 spiro atoms. The van der Waals surface area contributed by atoms with E-state index in [1.807, 2.05) is 0 Å². The molecular weight excluding hydrogens is 286 g/mol. The third-order valence-corrected chi connectivity index (χ3v) is 3.71. The number of aliphatic hydroxyl groups excluding tert-OH is 1. The molecule has 1 heterocycles. The van der Waals surface area contributed by atoms with Crippen LogP contribution in [0.25, 0.3) is 0 Å².